The van der Waals surface area contributed by atoms with Crippen LogP contribution in [0, 0.1) is 11.7 Å². The Hall–Kier alpha value is -3.03. The van der Waals surface area contributed by atoms with Crippen LogP contribution in [0.5, 0.6) is 0 Å². The van der Waals surface area contributed by atoms with Gasteiger partial charge in [-0.1, -0.05) is 12.8 Å². The van der Waals surface area contributed by atoms with Gasteiger partial charge in [-0.25, -0.2) is 14.4 Å². The number of aromatic nitrogens is 2. The van der Waals surface area contributed by atoms with Crippen molar-refractivity contribution in [2.75, 3.05) is 30.9 Å². The van der Waals surface area contributed by atoms with Gasteiger partial charge in [-0.15, -0.1) is 0 Å². The van der Waals surface area contributed by atoms with Crippen LogP contribution in [0.15, 0.2) is 30.3 Å². The first-order chi connectivity index (χ1) is 14.9. The van der Waals surface area contributed by atoms with Gasteiger partial charge >= 0.3 is 0 Å². The molecule has 2 aromatic rings. The van der Waals surface area contributed by atoms with Crippen LogP contribution >= 0.6 is 0 Å². The lowest BCUT2D eigenvalue weighted by molar-refractivity contribution is -0.134. The van der Waals surface area contributed by atoms with Gasteiger partial charge in [0.05, 0.1) is 12.2 Å². The highest BCUT2D eigenvalue weighted by Crippen LogP contribution is 2.32. The van der Waals surface area contributed by atoms with Crippen molar-refractivity contribution >= 4 is 23.3 Å². The first kappa shape index (κ1) is 21.2. The Bertz CT molecular complexity index is 959. The van der Waals surface area contributed by atoms with Crippen LogP contribution in [-0.4, -0.2) is 47.3 Å². The molecular formula is C23H28FN5O2. The summed E-state index contributed by atoms with van der Waals surface area (Å²) in [5.74, 6) is 1.03. The average molecular weight is 426 g/mol. The number of benzene rings is 1. The van der Waals surface area contributed by atoms with E-state index in [2.05, 4.69) is 10.3 Å². The Morgan fingerprint density at radius 3 is 2.61 bits per heavy atom. The van der Waals surface area contributed by atoms with Crippen molar-refractivity contribution in [3.8, 4) is 0 Å². The SMILES string of the molecule is CNc1cc([C@@H]2CC(=O)N(c3ccc(F)cc3)C2)nc(CN(C)C(=O)C2CCCC2)n1. The number of amides is 2. The first-order valence-corrected chi connectivity index (χ1v) is 10.8. The minimum Gasteiger partial charge on any atom is -0.373 e. The lowest BCUT2D eigenvalue weighted by Crippen LogP contribution is -2.32. The van der Waals surface area contributed by atoms with E-state index in [1.54, 1.807) is 36.0 Å². The molecule has 0 unspecified atom stereocenters. The van der Waals surface area contributed by atoms with Crippen LogP contribution in [0.2, 0.25) is 0 Å². The van der Waals surface area contributed by atoms with Crippen LogP contribution in [0.1, 0.15) is 49.5 Å². The fraction of sp³-hybridized carbons (Fsp3) is 0.478. The molecule has 2 fully saturated rings. The molecule has 2 heterocycles. The summed E-state index contributed by atoms with van der Waals surface area (Å²) in [5, 5.41) is 3.05. The molecule has 1 aromatic heterocycles. The van der Waals surface area contributed by atoms with E-state index in [1.165, 1.54) is 12.1 Å². The number of nitrogens with one attached hydrogen (secondary N) is 1. The summed E-state index contributed by atoms with van der Waals surface area (Å²) in [6, 6.07) is 7.80. The molecule has 1 aromatic carbocycles. The third-order valence-electron chi connectivity index (χ3n) is 6.19. The zero-order valence-electron chi connectivity index (χ0n) is 18.0. The predicted molar refractivity (Wildman–Crippen MR) is 116 cm³/mol. The maximum absolute atomic E-state index is 13.2. The largest absolute Gasteiger partial charge is 0.373 e. The summed E-state index contributed by atoms with van der Waals surface area (Å²) in [7, 11) is 3.58. The van der Waals surface area contributed by atoms with Crippen molar-refractivity contribution in [3.05, 3.63) is 47.7 Å². The molecule has 1 aliphatic carbocycles. The van der Waals surface area contributed by atoms with E-state index in [-0.39, 0.29) is 29.5 Å². The number of rotatable bonds is 6. The fourth-order valence-electron chi connectivity index (χ4n) is 4.48. The van der Waals surface area contributed by atoms with E-state index in [0.29, 0.717) is 36.8 Å². The standard InChI is InChI=1S/C23H28FN5O2/c1-25-20-12-19(16-11-22(30)29(13-16)18-9-7-17(24)8-10-18)26-21(27-20)14-28(2)23(31)15-5-3-4-6-15/h7-10,12,15-16H,3-6,11,13-14H2,1-2H3,(H,25,26,27)/t16-/m1/s1. The van der Waals surface area contributed by atoms with Crippen LogP contribution in [0.25, 0.3) is 0 Å². The molecule has 2 amide bonds. The summed E-state index contributed by atoms with van der Waals surface area (Å²) in [4.78, 5) is 37.9. The summed E-state index contributed by atoms with van der Waals surface area (Å²) in [5.41, 5.74) is 1.45. The molecule has 1 aliphatic heterocycles. The van der Waals surface area contributed by atoms with Gasteiger partial charge in [0, 0.05) is 50.7 Å². The monoisotopic (exact) mass is 425 g/mol. The zero-order chi connectivity index (χ0) is 22.0. The number of halogens is 1. The average Bonchev–Trinajstić information content (AvgIpc) is 3.43. The summed E-state index contributed by atoms with van der Waals surface area (Å²) >= 11 is 0. The molecule has 31 heavy (non-hydrogen) atoms. The molecule has 0 radical (unpaired) electrons. The number of carbonyl (C=O) groups excluding carboxylic acids is 2. The molecule has 7 nitrogen and oxygen atoms in total. The Morgan fingerprint density at radius 1 is 1.23 bits per heavy atom. The third-order valence-corrected chi connectivity index (χ3v) is 6.19. The topological polar surface area (TPSA) is 78.4 Å². The zero-order valence-corrected chi connectivity index (χ0v) is 18.0. The molecular weight excluding hydrogens is 397 g/mol. The van der Waals surface area contributed by atoms with E-state index in [0.717, 1.165) is 31.4 Å². The van der Waals surface area contributed by atoms with E-state index >= 15 is 0 Å². The lowest BCUT2D eigenvalue weighted by atomic mass is 10.0. The van der Waals surface area contributed by atoms with Gasteiger partial charge in [-0.2, -0.15) is 0 Å². The molecule has 0 spiro atoms. The Morgan fingerprint density at radius 2 is 1.94 bits per heavy atom. The fourth-order valence-corrected chi connectivity index (χ4v) is 4.48. The van der Waals surface area contributed by atoms with E-state index in [9.17, 15) is 14.0 Å². The van der Waals surface area contributed by atoms with Gasteiger partial charge in [0.2, 0.25) is 11.8 Å². The van der Waals surface area contributed by atoms with E-state index in [1.807, 2.05) is 6.07 Å². The minimum atomic E-state index is -0.331. The molecule has 4 rings (SSSR count). The van der Waals surface area contributed by atoms with Gasteiger partial charge in [-0.05, 0) is 37.1 Å². The third kappa shape index (κ3) is 4.68. The molecule has 0 bridgehead atoms. The molecule has 1 saturated heterocycles. The molecule has 1 atom stereocenters. The maximum Gasteiger partial charge on any atom is 0.227 e. The van der Waals surface area contributed by atoms with Crippen LogP contribution in [0.4, 0.5) is 15.9 Å². The normalized spacial score (nSPS) is 19.1. The second kappa shape index (κ2) is 8.99. The van der Waals surface area contributed by atoms with Crippen molar-refractivity contribution in [2.45, 2.75) is 44.6 Å². The van der Waals surface area contributed by atoms with Crippen LogP contribution in [-0.2, 0) is 16.1 Å². The number of anilines is 2. The Kier molecular flexibility index (Phi) is 6.15. The predicted octanol–water partition coefficient (Wildman–Crippen LogP) is 3.33. The van der Waals surface area contributed by atoms with Gasteiger partial charge in [-0.3, -0.25) is 9.59 Å². The van der Waals surface area contributed by atoms with Crippen molar-refractivity contribution < 1.29 is 14.0 Å². The van der Waals surface area contributed by atoms with Gasteiger partial charge in [0.1, 0.15) is 17.5 Å². The summed E-state index contributed by atoms with van der Waals surface area (Å²) < 4.78 is 13.2. The molecule has 8 heteroatoms. The first-order valence-electron chi connectivity index (χ1n) is 10.8. The van der Waals surface area contributed by atoms with Crippen LogP contribution < -0.4 is 10.2 Å². The maximum atomic E-state index is 13.2. The summed E-state index contributed by atoms with van der Waals surface area (Å²) in [6.45, 7) is 0.807. The quantitative estimate of drug-likeness (QED) is 0.768. The molecule has 2 aliphatic rings. The smallest absolute Gasteiger partial charge is 0.227 e. The minimum absolute atomic E-state index is 0.0173. The van der Waals surface area contributed by atoms with Crippen LogP contribution in [0.3, 0.4) is 0 Å². The number of hydrogen-bond acceptors (Lipinski definition) is 5. The van der Waals surface area contributed by atoms with Crippen molar-refractivity contribution in [1.82, 2.24) is 14.9 Å². The highest BCUT2D eigenvalue weighted by Gasteiger charge is 2.33. The summed E-state index contributed by atoms with van der Waals surface area (Å²) in [6.07, 6.45) is 4.46. The molecule has 1 saturated carbocycles. The van der Waals surface area contributed by atoms with E-state index < -0.39 is 0 Å². The molecule has 1 N–H and O–H groups in total. The second-order valence-electron chi connectivity index (χ2n) is 8.40. The number of nitrogens with zero attached hydrogens (tertiary/aromatic N) is 4. The second-order valence-corrected chi connectivity index (χ2v) is 8.40. The number of carbonyl (C=O) groups is 2. The Balaban J connectivity index is 1.51. The van der Waals surface area contributed by atoms with Gasteiger partial charge in [0.25, 0.3) is 0 Å². The number of hydrogen-bond donors (Lipinski definition) is 1. The molecule has 164 valence electrons. The van der Waals surface area contributed by atoms with Gasteiger partial charge in [0.15, 0.2) is 0 Å². The van der Waals surface area contributed by atoms with Crippen molar-refractivity contribution in [1.29, 1.82) is 0 Å². The lowest BCUT2D eigenvalue weighted by Gasteiger charge is -2.21. The highest BCUT2D eigenvalue weighted by atomic mass is 19.1. The van der Waals surface area contributed by atoms with E-state index in [4.69, 9.17) is 4.98 Å². The van der Waals surface area contributed by atoms with Crippen molar-refractivity contribution in [2.24, 2.45) is 5.92 Å². The Labute approximate surface area is 181 Å². The van der Waals surface area contributed by atoms with Gasteiger partial charge < -0.3 is 15.1 Å². The van der Waals surface area contributed by atoms with Crippen molar-refractivity contribution in [3.63, 3.8) is 0 Å². The highest BCUT2D eigenvalue weighted by molar-refractivity contribution is 5.96.